The van der Waals surface area contributed by atoms with Gasteiger partial charge in [0.2, 0.25) is 5.91 Å². The molecule has 1 N–H and O–H groups in total. The molecule has 0 aliphatic rings. The van der Waals surface area contributed by atoms with Crippen LogP contribution in [0.1, 0.15) is 33.1 Å². The molecule has 0 heterocycles. The second-order valence-electron chi connectivity index (χ2n) is 3.59. The van der Waals surface area contributed by atoms with Gasteiger partial charge in [-0.1, -0.05) is 19.0 Å². The first-order valence-electron chi connectivity index (χ1n) is 4.94. The first-order valence-corrected chi connectivity index (χ1v) is 4.94. The molecule has 1 amide bonds. The number of hydrogen-bond donors (Lipinski definition) is 1. The molecule has 0 radical (unpaired) electrons. The molecule has 0 aliphatic heterocycles. The average Bonchev–Trinajstić information content (AvgIpc) is 2.14. The van der Waals surface area contributed by atoms with E-state index in [1.807, 2.05) is 0 Å². The molecule has 0 bridgehead atoms. The number of carbonyl (C=O) groups is 1. The third kappa shape index (κ3) is 8.87. The minimum absolute atomic E-state index is 0.0830. The zero-order chi connectivity index (χ0) is 10.8. The van der Waals surface area contributed by atoms with Gasteiger partial charge < -0.3 is 5.32 Å². The quantitative estimate of drug-likeness (QED) is 0.289. The van der Waals surface area contributed by atoms with Crippen LogP contribution in [0.4, 0.5) is 0 Å². The minimum atomic E-state index is 0.0830. The Kier molecular flexibility index (Phi) is 7.65. The summed E-state index contributed by atoms with van der Waals surface area (Å²) in [7, 11) is 0. The summed E-state index contributed by atoms with van der Waals surface area (Å²) in [6.07, 6.45) is 2.21. The smallest absolute Gasteiger partial charge is 0.220 e. The fraction of sp³-hybridized carbons (Fsp3) is 0.889. The summed E-state index contributed by atoms with van der Waals surface area (Å²) >= 11 is 0. The molecule has 0 aromatic rings. The molecule has 80 valence electrons. The van der Waals surface area contributed by atoms with Crippen LogP contribution < -0.4 is 5.32 Å². The normalized spacial score (nSPS) is 9.64. The summed E-state index contributed by atoms with van der Waals surface area (Å²) in [4.78, 5) is 13.8. The maximum Gasteiger partial charge on any atom is 0.220 e. The second-order valence-corrected chi connectivity index (χ2v) is 3.59. The van der Waals surface area contributed by atoms with Gasteiger partial charge in [0, 0.05) is 24.4 Å². The van der Waals surface area contributed by atoms with Crippen molar-refractivity contribution in [3.8, 4) is 0 Å². The number of rotatable bonds is 7. The van der Waals surface area contributed by atoms with Gasteiger partial charge in [0.1, 0.15) is 0 Å². The number of hydrogen-bond acceptors (Lipinski definition) is 2. The van der Waals surface area contributed by atoms with Crippen molar-refractivity contribution < 1.29 is 4.79 Å². The fourth-order valence-corrected chi connectivity index (χ4v) is 0.930. The number of nitrogens with one attached hydrogen (secondary N) is 1. The SMILES string of the molecule is CC(C)CCC(=O)NCCCN=[N+]=[N-]. The van der Waals surface area contributed by atoms with Crippen LogP contribution in [0, 0.1) is 5.92 Å². The Morgan fingerprint density at radius 3 is 2.86 bits per heavy atom. The van der Waals surface area contributed by atoms with Gasteiger partial charge in [-0.25, -0.2) is 0 Å². The molecule has 0 aromatic carbocycles. The molecule has 0 aromatic heterocycles. The Morgan fingerprint density at radius 1 is 1.57 bits per heavy atom. The predicted octanol–water partition coefficient (Wildman–Crippen LogP) is 2.24. The van der Waals surface area contributed by atoms with Gasteiger partial charge >= 0.3 is 0 Å². The molecule has 5 heteroatoms. The topological polar surface area (TPSA) is 77.9 Å². The van der Waals surface area contributed by atoms with Gasteiger partial charge in [-0.3, -0.25) is 4.79 Å². The Bertz CT molecular complexity index is 209. The van der Waals surface area contributed by atoms with Gasteiger partial charge in [-0.2, -0.15) is 0 Å². The highest BCUT2D eigenvalue weighted by atomic mass is 16.1. The maximum atomic E-state index is 11.2. The van der Waals surface area contributed by atoms with Crippen LogP contribution in [0.25, 0.3) is 10.4 Å². The summed E-state index contributed by atoms with van der Waals surface area (Å²) in [6, 6.07) is 0. The highest BCUT2D eigenvalue weighted by Crippen LogP contribution is 2.02. The lowest BCUT2D eigenvalue weighted by Crippen LogP contribution is -2.24. The number of amides is 1. The van der Waals surface area contributed by atoms with E-state index in [0.29, 0.717) is 31.8 Å². The lowest BCUT2D eigenvalue weighted by Gasteiger charge is -2.05. The Hall–Kier alpha value is -1.22. The van der Waals surface area contributed by atoms with Gasteiger partial charge in [0.05, 0.1) is 0 Å². The van der Waals surface area contributed by atoms with E-state index in [2.05, 4.69) is 29.2 Å². The Labute approximate surface area is 84.5 Å². The molecule has 0 spiro atoms. The lowest BCUT2D eigenvalue weighted by atomic mass is 10.1. The van der Waals surface area contributed by atoms with Gasteiger partial charge in [-0.15, -0.1) is 0 Å². The first kappa shape index (κ1) is 12.8. The summed E-state index contributed by atoms with van der Waals surface area (Å²) < 4.78 is 0. The molecule has 0 atom stereocenters. The third-order valence-electron chi connectivity index (χ3n) is 1.77. The predicted molar refractivity (Wildman–Crippen MR) is 55.7 cm³/mol. The highest BCUT2D eigenvalue weighted by molar-refractivity contribution is 5.75. The van der Waals surface area contributed by atoms with E-state index >= 15 is 0 Å². The number of carbonyl (C=O) groups excluding carboxylic acids is 1. The van der Waals surface area contributed by atoms with Crippen molar-refractivity contribution in [3.05, 3.63) is 10.4 Å². The fourth-order valence-electron chi connectivity index (χ4n) is 0.930. The van der Waals surface area contributed by atoms with E-state index in [0.717, 1.165) is 6.42 Å². The molecule has 0 fully saturated rings. The van der Waals surface area contributed by atoms with Crippen molar-refractivity contribution in [1.29, 1.82) is 0 Å². The van der Waals surface area contributed by atoms with Crippen LogP contribution >= 0.6 is 0 Å². The van der Waals surface area contributed by atoms with Crippen LogP contribution in [-0.4, -0.2) is 19.0 Å². The third-order valence-corrected chi connectivity index (χ3v) is 1.77. The van der Waals surface area contributed by atoms with Crippen LogP contribution in [0.15, 0.2) is 5.11 Å². The number of azide groups is 1. The average molecular weight is 198 g/mol. The lowest BCUT2D eigenvalue weighted by molar-refractivity contribution is -0.121. The van der Waals surface area contributed by atoms with Crippen LogP contribution in [0.5, 0.6) is 0 Å². The van der Waals surface area contributed by atoms with E-state index in [9.17, 15) is 4.79 Å². The largest absolute Gasteiger partial charge is 0.356 e. The summed E-state index contributed by atoms with van der Waals surface area (Å²) in [5.74, 6) is 0.642. The Morgan fingerprint density at radius 2 is 2.29 bits per heavy atom. The molecule has 0 aliphatic carbocycles. The van der Waals surface area contributed by atoms with E-state index in [1.165, 1.54) is 0 Å². The van der Waals surface area contributed by atoms with Crippen molar-refractivity contribution in [1.82, 2.24) is 5.32 Å². The molecular weight excluding hydrogens is 180 g/mol. The summed E-state index contributed by atoms with van der Waals surface area (Å²) in [5, 5.41) is 6.15. The van der Waals surface area contributed by atoms with Crippen molar-refractivity contribution in [2.45, 2.75) is 33.1 Å². The Balaban J connectivity index is 3.31. The first-order chi connectivity index (χ1) is 6.66. The van der Waals surface area contributed by atoms with Crippen LogP contribution in [-0.2, 0) is 4.79 Å². The van der Waals surface area contributed by atoms with Crippen molar-refractivity contribution in [2.24, 2.45) is 11.0 Å². The van der Waals surface area contributed by atoms with Crippen LogP contribution in [0.2, 0.25) is 0 Å². The van der Waals surface area contributed by atoms with Crippen molar-refractivity contribution in [2.75, 3.05) is 13.1 Å². The molecule has 0 rings (SSSR count). The molecule has 14 heavy (non-hydrogen) atoms. The molecule has 0 saturated carbocycles. The molecular formula is C9H18N4O. The van der Waals surface area contributed by atoms with Gasteiger partial charge in [0.25, 0.3) is 0 Å². The van der Waals surface area contributed by atoms with Crippen LogP contribution in [0.3, 0.4) is 0 Å². The van der Waals surface area contributed by atoms with Crippen molar-refractivity contribution in [3.63, 3.8) is 0 Å². The maximum absolute atomic E-state index is 11.2. The monoisotopic (exact) mass is 198 g/mol. The summed E-state index contributed by atoms with van der Waals surface area (Å²) in [6.45, 7) is 5.22. The van der Waals surface area contributed by atoms with E-state index < -0.39 is 0 Å². The molecule has 5 nitrogen and oxygen atoms in total. The zero-order valence-electron chi connectivity index (χ0n) is 8.86. The van der Waals surface area contributed by atoms with Gasteiger partial charge in [0.15, 0.2) is 0 Å². The van der Waals surface area contributed by atoms with E-state index in [4.69, 9.17) is 5.53 Å². The minimum Gasteiger partial charge on any atom is -0.356 e. The second kappa shape index (κ2) is 8.38. The standard InChI is InChI=1S/C9H18N4O/c1-8(2)4-5-9(14)11-6-3-7-12-13-10/h8H,3-7H2,1-2H3,(H,11,14). The van der Waals surface area contributed by atoms with E-state index in [-0.39, 0.29) is 5.91 Å². The zero-order valence-corrected chi connectivity index (χ0v) is 8.86. The summed E-state index contributed by atoms with van der Waals surface area (Å²) in [5.41, 5.74) is 7.99. The molecule has 0 saturated heterocycles. The van der Waals surface area contributed by atoms with Gasteiger partial charge in [-0.05, 0) is 24.3 Å². The highest BCUT2D eigenvalue weighted by Gasteiger charge is 2.01. The van der Waals surface area contributed by atoms with Crippen molar-refractivity contribution >= 4 is 5.91 Å². The number of nitrogens with zero attached hydrogens (tertiary/aromatic N) is 3. The molecule has 0 unspecified atom stereocenters. The van der Waals surface area contributed by atoms with E-state index in [1.54, 1.807) is 0 Å².